The van der Waals surface area contributed by atoms with Crippen LogP contribution < -0.4 is 15.7 Å². The van der Waals surface area contributed by atoms with Crippen LogP contribution in [-0.2, 0) is 11.1 Å². The zero-order valence-corrected chi connectivity index (χ0v) is 18.6. The number of carboxylic acids is 1. The van der Waals surface area contributed by atoms with Crippen LogP contribution in [0.25, 0.3) is 0 Å². The van der Waals surface area contributed by atoms with E-state index in [0.717, 1.165) is 17.0 Å². The number of carbonyl (C=O) groups is 1. The van der Waals surface area contributed by atoms with E-state index < -0.39 is 19.1 Å². The topological polar surface area (TPSA) is 114 Å². The third-order valence-corrected chi connectivity index (χ3v) is 5.95. The Bertz CT molecular complexity index is 946. The number of phenols is 1. The number of benzene rings is 2. The number of rotatable bonds is 6. The van der Waals surface area contributed by atoms with Crippen LogP contribution in [0.2, 0.25) is 0 Å². The molecule has 2 aromatic carbocycles. The zero-order valence-electron chi connectivity index (χ0n) is 18.6. The maximum atomic E-state index is 11.4. The van der Waals surface area contributed by atoms with Crippen molar-refractivity contribution in [2.75, 3.05) is 7.11 Å². The van der Waals surface area contributed by atoms with Crippen LogP contribution >= 0.6 is 0 Å². The van der Waals surface area contributed by atoms with Crippen LogP contribution in [-0.4, -0.2) is 36.4 Å². The number of hydrogen-bond donors (Lipinski definition) is 4. The largest absolute Gasteiger partial charge is 0.549 e. The van der Waals surface area contributed by atoms with Gasteiger partial charge in [-0.25, -0.2) is 4.79 Å². The van der Waals surface area contributed by atoms with Gasteiger partial charge >= 0.3 is 13.1 Å². The normalized spacial score (nSPS) is 18.2. The third kappa shape index (κ3) is 5.63. The van der Waals surface area contributed by atoms with Crippen molar-refractivity contribution in [1.29, 1.82) is 0 Å². The van der Waals surface area contributed by atoms with Crippen molar-refractivity contribution in [3.8, 4) is 11.5 Å². The summed E-state index contributed by atoms with van der Waals surface area (Å²) in [5.74, 6) is 0.211. The monoisotopic (exact) mass is 438 g/mol. The van der Waals surface area contributed by atoms with Crippen LogP contribution in [0, 0.1) is 5.92 Å². The van der Waals surface area contributed by atoms with Gasteiger partial charge in [-0.05, 0) is 41.7 Å². The van der Waals surface area contributed by atoms with Crippen LogP contribution in [0.4, 0.5) is 0 Å². The highest BCUT2D eigenvalue weighted by molar-refractivity contribution is 6.48. The van der Waals surface area contributed by atoms with Crippen LogP contribution in [0.15, 0.2) is 54.7 Å². The summed E-state index contributed by atoms with van der Waals surface area (Å²) in [4.78, 5) is 11.4. The minimum atomic E-state index is -1.05. The molecule has 0 aromatic heterocycles. The van der Waals surface area contributed by atoms with E-state index in [1.54, 1.807) is 30.3 Å². The molecule has 32 heavy (non-hydrogen) atoms. The number of aromatic carboxylic acids is 1. The van der Waals surface area contributed by atoms with E-state index in [9.17, 15) is 15.0 Å². The summed E-state index contributed by atoms with van der Waals surface area (Å²) in [5.41, 5.74) is 8.48. The average molecular weight is 438 g/mol. The quantitative estimate of drug-likeness (QED) is 0.509. The second kappa shape index (κ2) is 10.6. The number of para-hydroxylation sites is 1. The standard InChI is InChI=1S/C19H21BN2O5.C5H10/c1-11(17(21)12-6-8-14(23)9-7-12)22-16-10-13-4-3-5-15(19(24)25)18(13)27-20(16)26-2;1-5-3-2-4-5/h3-9,16-17,22-23H,1,10,21H2,2H3,(H,24,25);5H,2-4H2,1H3. The molecular formula is C24H31BN2O5. The Kier molecular flexibility index (Phi) is 7.82. The molecule has 1 fully saturated rings. The number of hydrogen-bond acceptors (Lipinski definition) is 6. The van der Waals surface area contributed by atoms with Gasteiger partial charge < -0.3 is 30.6 Å². The Morgan fingerprint density at radius 3 is 2.47 bits per heavy atom. The average Bonchev–Trinajstić information content (AvgIpc) is 2.77. The first kappa shape index (κ1) is 23.7. The van der Waals surface area contributed by atoms with Gasteiger partial charge in [0.25, 0.3) is 0 Å². The van der Waals surface area contributed by atoms with E-state index in [2.05, 4.69) is 18.8 Å². The van der Waals surface area contributed by atoms with Crippen molar-refractivity contribution < 1.29 is 24.3 Å². The van der Waals surface area contributed by atoms with Gasteiger partial charge in [0.2, 0.25) is 0 Å². The highest BCUT2D eigenvalue weighted by atomic mass is 16.6. The smallest absolute Gasteiger partial charge is 0.534 e. The molecule has 1 aliphatic carbocycles. The predicted molar refractivity (Wildman–Crippen MR) is 125 cm³/mol. The van der Waals surface area contributed by atoms with Gasteiger partial charge in [0, 0.05) is 12.8 Å². The third-order valence-electron chi connectivity index (χ3n) is 5.95. The molecule has 1 aliphatic heterocycles. The molecule has 0 spiro atoms. The number of aromatic hydroxyl groups is 1. The van der Waals surface area contributed by atoms with Crippen molar-refractivity contribution in [2.24, 2.45) is 11.7 Å². The van der Waals surface area contributed by atoms with Crippen LogP contribution in [0.1, 0.15) is 53.7 Å². The summed E-state index contributed by atoms with van der Waals surface area (Å²) >= 11 is 0. The number of phenolic OH excluding ortho intramolecular Hbond substituents is 1. The van der Waals surface area contributed by atoms with E-state index in [1.807, 2.05) is 6.07 Å². The van der Waals surface area contributed by atoms with Gasteiger partial charge in [-0.3, -0.25) is 0 Å². The molecule has 2 unspecified atom stereocenters. The minimum absolute atomic E-state index is 0.104. The first-order valence-electron chi connectivity index (χ1n) is 10.8. The maximum Gasteiger partial charge on any atom is 0.549 e. The summed E-state index contributed by atoms with van der Waals surface area (Å²) in [5, 5.41) is 22.0. The lowest BCUT2D eigenvalue weighted by Gasteiger charge is -2.32. The van der Waals surface area contributed by atoms with Crippen molar-refractivity contribution in [3.05, 3.63) is 71.4 Å². The Labute approximate surface area is 189 Å². The van der Waals surface area contributed by atoms with Crippen molar-refractivity contribution in [1.82, 2.24) is 5.32 Å². The van der Waals surface area contributed by atoms with Crippen molar-refractivity contribution >= 4 is 13.1 Å². The van der Waals surface area contributed by atoms with E-state index in [4.69, 9.17) is 15.0 Å². The zero-order chi connectivity index (χ0) is 23.3. The summed E-state index contributed by atoms with van der Waals surface area (Å²) in [7, 11) is 0.804. The highest BCUT2D eigenvalue weighted by Crippen LogP contribution is 2.31. The molecule has 7 nitrogen and oxygen atoms in total. The Balaban J connectivity index is 0.000000509. The second-order valence-corrected chi connectivity index (χ2v) is 8.41. The van der Waals surface area contributed by atoms with Crippen LogP contribution in [0.3, 0.4) is 0 Å². The first-order valence-corrected chi connectivity index (χ1v) is 10.8. The molecule has 8 heteroatoms. The predicted octanol–water partition coefficient (Wildman–Crippen LogP) is 3.68. The van der Waals surface area contributed by atoms with Gasteiger partial charge in [0.15, 0.2) is 0 Å². The highest BCUT2D eigenvalue weighted by Gasteiger charge is 2.39. The van der Waals surface area contributed by atoms with Crippen molar-refractivity contribution in [2.45, 2.75) is 44.6 Å². The van der Waals surface area contributed by atoms with Crippen molar-refractivity contribution in [3.63, 3.8) is 0 Å². The number of fused-ring (bicyclic) bond motifs is 1. The lowest BCUT2D eigenvalue weighted by atomic mass is 9.71. The fourth-order valence-electron chi connectivity index (χ4n) is 3.74. The number of nitrogens with two attached hydrogens (primary N) is 1. The Morgan fingerprint density at radius 1 is 1.28 bits per heavy atom. The molecule has 1 heterocycles. The SMILES string of the molecule is C=C(NC1Cc2cccc(C(=O)O)c2OB1OC)C(N)c1ccc(O)cc1.CC1CCC1. The van der Waals surface area contributed by atoms with Crippen LogP contribution in [0.5, 0.6) is 11.5 Å². The Hall–Kier alpha value is -2.97. The molecule has 2 atom stereocenters. The van der Waals surface area contributed by atoms with E-state index in [0.29, 0.717) is 17.9 Å². The summed E-state index contributed by atoms with van der Waals surface area (Å²) in [6.45, 7) is 6.32. The van der Waals surface area contributed by atoms with Gasteiger partial charge in [-0.2, -0.15) is 0 Å². The molecule has 5 N–H and O–H groups in total. The van der Waals surface area contributed by atoms with E-state index >= 15 is 0 Å². The summed E-state index contributed by atoms with van der Waals surface area (Å²) < 4.78 is 11.2. The number of carboxylic acid groups (broad SMARTS) is 1. The van der Waals surface area contributed by atoms with Gasteiger partial charge in [-0.1, -0.05) is 57.0 Å². The molecule has 0 amide bonds. The van der Waals surface area contributed by atoms with E-state index in [-0.39, 0.29) is 17.3 Å². The molecule has 4 rings (SSSR count). The molecule has 2 aromatic rings. The molecular weight excluding hydrogens is 407 g/mol. The molecule has 2 aliphatic rings. The maximum absolute atomic E-state index is 11.4. The van der Waals surface area contributed by atoms with Gasteiger partial charge in [0.1, 0.15) is 11.5 Å². The molecule has 0 saturated heterocycles. The summed E-state index contributed by atoms with van der Waals surface area (Å²) in [6, 6.07) is 11.1. The number of nitrogens with one attached hydrogen (secondary N) is 1. The van der Waals surface area contributed by atoms with E-state index in [1.165, 1.54) is 32.4 Å². The first-order chi connectivity index (χ1) is 15.3. The minimum Gasteiger partial charge on any atom is -0.534 e. The van der Waals surface area contributed by atoms with Gasteiger partial charge in [-0.15, -0.1) is 0 Å². The fraction of sp³-hybridized carbons (Fsp3) is 0.375. The molecule has 0 bridgehead atoms. The Morgan fingerprint density at radius 2 is 1.94 bits per heavy atom. The summed E-state index contributed by atoms with van der Waals surface area (Å²) in [6.07, 6.45) is 4.96. The molecule has 1 saturated carbocycles. The lowest BCUT2D eigenvalue weighted by Crippen LogP contribution is -2.52. The second-order valence-electron chi connectivity index (χ2n) is 8.41. The molecule has 170 valence electrons. The fourth-order valence-corrected chi connectivity index (χ4v) is 3.74. The van der Waals surface area contributed by atoms with Gasteiger partial charge in [0.05, 0.1) is 17.5 Å². The molecule has 0 radical (unpaired) electrons. The lowest BCUT2D eigenvalue weighted by molar-refractivity contribution is 0.0694.